The normalized spacial score (nSPS) is 18.5. The maximum absolute atomic E-state index is 11.9. The smallest absolute Gasteiger partial charge is 0.243 e. The van der Waals surface area contributed by atoms with Crippen molar-refractivity contribution >= 4 is 5.91 Å². The van der Waals surface area contributed by atoms with Gasteiger partial charge >= 0.3 is 0 Å². The van der Waals surface area contributed by atoms with Gasteiger partial charge in [0, 0.05) is 7.05 Å². The maximum atomic E-state index is 11.9. The summed E-state index contributed by atoms with van der Waals surface area (Å²) in [6, 6.07) is 2.06. The Morgan fingerprint density at radius 3 is 2.43 bits per heavy atom. The minimum absolute atomic E-state index is 0.100. The summed E-state index contributed by atoms with van der Waals surface area (Å²) in [6.07, 6.45) is 1.29. The standard InChI is InChI=1S/C10H16N2O2/c1-9(2,7-13)12(3)8(14)10(6-11)4-5-10/h13H,4-5,7H2,1-3H3. The van der Waals surface area contributed by atoms with Crippen molar-refractivity contribution in [2.75, 3.05) is 13.7 Å². The van der Waals surface area contributed by atoms with E-state index in [4.69, 9.17) is 10.4 Å². The van der Waals surface area contributed by atoms with Crippen molar-refractivity contribution in [2.24, 2.45) is 5.41 Å². The van der Waals surface area contributed by atoms with Crippen molar-refractivity contribution in [3.8, 4) is 6.07 Å². The molecule has 4 heteroatoms. The lowest BCUT2D eigenvalue weighted by Crippen LogP contribution is -2.50. The average molecular weight is 196 g/mol. The Morgan fingerprint density at radius 2 is 2.14 bits per heavy atom. The number of nitriles is 1. The third-order valence-corrected chi connectivity index (χ3v) is 2.97. The zero-order valence-corrected chi connectivity index (χ0v) is 8.87. The van der Waals surface area contributed by atoms with Crippen LogP contribution in [0.5, 0.6) is 0 Å². The Balaban J connectivity index is 2.77. The molecule has 1 aliphatic carbocycles. The number of amides is 1. The van der Waals surface area contributed by atoms with Gasteiger partial charge in [-0.3, -0.25) is 4.79 Å². The fourth-order valence-electron chi connectivity index (χ4n) is 1.20. The van der Waals surface area contributed by atoms with E-state index >= 15 is 0 Å². The summed E-state index contributed by atoms with van der Waals surface area (Å²) in [7, 11) is 1.63. The molecule has 1 aliphatic rings. The molecule has 0 atom stereocenters. The van der Waals surface area contributed by atoms with Gasteiger partial charge in [-0.2, -0.15) is 5.26 Å². The number of aliphatic hydroxyl groups is 1. The fraction of sp³-hybridized carbons (Fsp3) is 0.800. The molecule has 0 aliphatic heterocycles. The first kappa shape index (κ1) is 11.0. The van der Waals surface area contributed by atoms with Crippen molar-refractivity contribution in [2.45, 2.75) is 32.2 Å². The van der Waals surface area contributed by atoms with Crippen LogP contribution in [0.3, 0.4) is 0 Å². The fourth-order valence-corrected chi connectivity index (χ4v) is 1.20. The van der Waals surface area contributed by atoms with Gasteiger partial charge in [0.15, 0.2) is 0 Å². The Hall–Kier alpha value is -1.08. The summed E-state index contributed by atoms with van der Waals surface area (Å²) in [4.78, 5) is 13.3. The zero-order valence-electron chi connectivity index (χ0n) is 8.87. The largest absolute Gasteiger partial charge is 0.394 e. The molecule has 4 nitrogen and oxygen atoms in total. The van der Waals surface area contributed by atoms with E-state index in [1.807, 2.05) is 0 Å². The topological polar surface area (TPSA) is 64.3 Å². The Labute approximate surface area is 84.1 Å². The van der Waals surface area contributed by atoms with E-state index in [1.165, 1.54) is 4.90 Å². The monoisotopic (exact) mass is 196 g/mol. The van der Waals surface area contributed by atoms with Gasteiger partial charge in [-0.05, 0) is 26.7 Å². The quantitative estimate of drug-likeness (QED) is 0.715. The van der Waals surface area contributed by atoms with Gasteiger partial charge in [0.2, 0.25) is 5.91 Å². The highest BCUT2D eigenvalue weighted by Gasteiger charge is 2.53. The van der Waals surface area contributed by atoms with E-state index in [1.54, 1.807) is 20.9 Å². The van der Waals surface area contributed by atoms with Crippen LogP contribution in [0, 0.1) is 16.7 Å². The number of hydrogen-bond acceptors (Lipinski definition) is 3. The first-order chi connectivity index (χ1) is 6.39. The van der Waals surface area contributed by atoms with Crippen molar-refractivity contribution in [3.63, 3.8) is 0 Å². The highest BCUT2D eigenvalue weighted by atomic mass is 16.3. The second kappa shape index (κ2) is 3.25. The third-order valence-electron chi connectivity index (χ3n) is 2.97. The van der Waals surface area contributed by atoms with E-state index in [0.29, 0.717) is 12.8 Å². The molecule has 14 heavy (non-hydrogen) atoms. The summed E-state index contributed by atoms with van der Waals surface area (Å²) in [6.45, 7) is 3.45. The molecule has 0 bridgehead atoms. The molecule has 0 radical (unpaired) electrons. The van der Waals surface area contributed by atoms with E-state index in [0.717, 1.165) is 0 Å². The second-order valence-corrected chi connectivity index (χ2v) is 4.53. The number of likely N-dealkylation sites (N-methyl/N-ethyl adjacent to an activating group) is 1. The van der Waals surface area contributed by atoms with Crippen molar-refractivity contribution in [1.29, 1.82) is 5.26 Å². The molecule has 0 spiro atoms. The van der Waals surface area contributed by atoms with Crippen molar-refractivity contribution in [3.05, 3.63) is 0 Å². The molecule has 0 heterocycles. The van der Waals surface area contributed by atoms with Gasteiger partial charge in [-0.15, -0.1) is 0 Å². The van der Waals surface area contributed by atoms with Gasteiger partial charge in [-0.1, -0.05) is 0 Å². The number of carbonyl (C=O) groups excluding carboxylic acids is 1. The molecule has 1 rings (SSSR count). The number of carbonyl (C=O) groups is 1. The van der Waals surface area contributed by atoms with Gasteiger partial charge < -0.3 is 10.0 Å². The molecule has 0 aromatic heterocycles. The Bertz CT molecular complexity index is 287. The van der Waals surface area contributed by atoms with Crippen LogP contribution in [-0.2, 0) is 4.79 Å². The molecule has 1 N–H and O–H groups in total. The van der Waals surface area contributed by atoms with Gasteiger partial charge in [0.1, 0.15) is 5.41 Å². The number of nitrogens with zero attached hydrogens (tertiary/aromatic N) is 2. The van der Waals surface area contributed by atoms with E-state index < -0.39 is 11.0 Å². The highest BCUT2D eigenvalue weighted by molar-refractivity contribution is 5.88. The SMILES string of the molecule is CN(C(=O)C1(C#N)CC1)C(C)(C)CO. The maximum Gasteiger partial charge on any atom is 0.243 e. The molecule has 0 saturated heterocycles. The van der Waals surface area contributed by atoms with E-state index in [-0.39, 0.29) is 12.5 Å². The number of hydrogen-bond donors (Lipinski definition) is 1. The molecule has 1 fully saturated rings. The molecule has 1 saturated carbocycles. The van der Waals surface area contributed by atoms with Crippen LogP contribution in [0.4, 0.5) is 0 Å². The number of aliphatic hydroxyl groups excluding tert-OH is 1. The van der Waals surface area contributed by atoms with Crippen LogP contribution in [0.1, 0.15) is 26.7 Å². The lowest BCUT2D eigenvalue weighted by atomic mass is 10.0. The predicted molar refractivity (Wildman–Crippen MR) is 51.2 cm³/mol. The van der Waals surface area contributed by atoms with Crippen molar-refractivity contribution in [1.82, 2.24) is 4.90 Å². The lowest BCUT2D eigenvalue weighted by Gasteiger charge is -2.35. The van der Waals surface area contributed by atoms with Gasteiger partial charge in [0.05, 0.1) is 18.2 Å². The first-order valence-corrected chi connectivity index (χ1v) is 4.70. The molecular formula is C10H16N2O2. The second-order valence-electron chi connectivity index (χ2n) is 4.53. The molecular weight excluding hydrogens is 180 g/mol. The van der Waals surface area contributed by atoms with Crippen LogP contribution in [0.15, 0.2) is 0 Å². The lowest BCUT2D eigenvalue weighted by molar-refractivity contribution is -0.139. The molecule has 1 amide bonds. The van der Waals surface area contributed by atoms with Crippen LogP contribution in [0.2, 0.25) is 0 Å². The van der Waals surface area contributed by atoms with Gasteiger partial charge in [-0.25, -0.2) is 0 Å². The Kier molecular flexibility index (Phi) is 2.55. The summed E-state index contributed by atoms with van der Waals surface area (Å²) in [5.41, 5.74) is -1.38. The highest BCUT2D eigenvalue weighted by Crippen LogP contribution is 2.47. The minimum Gasteiger partial charge on any atom is -0.394 e. The molecule has 0 aromatic rings. The van der Waals surface area contributed by atoms with Crippen molar-refractivity contribution < 1.29 is 9.90 Å². The van der Waals surface area contributed by atoms with Crippen LogP contribution >= 0.6 is 0 Å². The first-order valence-electron chi connectivity index (χ1n) is 4.70. The predicted octanol–water partition coefficient (Wildman–Crippen LogP) is 0.519. The van der Waals surface area contributed by atoms with E-state index in [2.05, 4.69) is 6.07 Å². The zero-order chi connectivity index (χ0) is 11.0. The van der Waals surface area contributed by atoms with Crippen LogP contribution in [0.25, 0.3) is 0 Å². The van der Waals surface area contributed by atoms with E-state index in [9.17, 15) is 4.79 Å². The number of rotatable bonds is 3. The average Bonchev–Trinajstić information content (AvgIpc) is 2.96. The third kappa shape index (κ3) is 1.60. The van der Waals surface area contributed by atoms with Crippen LogP contribution in [-0.4, -0.2) is 35.1 Å². The van der Waals surface area contributed by atoms with Gasteiger partial charge in [0.25, 0.3) is 0 Å². The summed E-state index contributed by atoms with van der Waals surface area (Å²) in [5.74, 6) is -0.168. The molecule has 78 valence electrons. The summed E-state index contributed by atoms with van der Waals surface area (Å²) in [5, 5.41) is 17.9. The molecule has 0 aromatic carbocycles. The Morgan fingerprint density at radius 1 is 1.64 bits per heavy atom. The molecule has 0 unspecified atom stereocenters. The van der Waals surface area contributed by atoms with Crippen LogP contribution < -0.4 is 0 Å². The summed E-state index contributed by atoms with van der Waals surface area (Å²) >= 11 is 0. The summed E-state index contributed by atoms with van der Waals surface area (Å²) < 4.78 is 0. The minimum atomic E-state index is -0.790.